The van der Waals surface area contributed by atoms with E-state index in [0.29, 0.717) is 145 Å². The Bertz CT molecular complexity index is 6220. The van der Waals surface area contributed by atoms with Gasteiger partial charge in [0.2, 0.25) is 50.1 Å². The van der Waals surface area contributed by atoms with Crippen molar-refractivity contribution >= 4 is 151 Å². The van der Waals surface area contributed by atoms with Crippen LogP contribution in [0, 0.1) is 29.6 Å². The predicted octanol–water partition coefficient (Wildman–Crippen LogP) is 11.5. The lowest BCUT2D eigenvalue weighted by Gasteiger charge is -2.31. The molecule has 0 aliphatic carbocycles. The molecule has 9 aromatic carbocycles. The van der Waals surface area contributed by atoms with Crippen molar-refractivity contribution in [3.63, 3.8) is 0 Å². The molecule has 8 heterocycles. The predicted molar refractivity (Wildman–Crippen MR) is 474 cm³/mol. The average molecular weight is 1760 g/mol. The first-order valence-corrected chi connectivity index (χ1v) is 50.5. The molecular formula is C91H105N9O17S5. The number of nitrogens with zero attached hydrogens (tertiary/aromatic N) is 8. The van der Waals surface area contributed by atoms with Gasteiger partial charge in [-0.15, -0.1) is 0 Å². The zero-order chi connectivity index (χ0) is 86.3. The fourth-order valence-electron chi connectivity index (χ4n) is 19.1. The highest BCUT2D eigenvalue weighted by Crippen LogP contribution is 2.45. The number of anilines is 4. The van der Waals surface area contributed by atoms with Gasteiger partial charge < -0.3 is 25.2 Å². The molecule has 0 saturated carbocycles. The van der Waals surface area contributed by atoms with Gasteiger partial charge in [0, 0.05) is 174 Å². The third-order valence-electron chi connectivity index (χ3n) is 25.9. The first-order chi connectivity index (χ1) is 58.2. The lowest BCUT2D eigenvalue weighted by Crippen LogP contribution is -2.42. The Morgan fingerprint density at radius 1 is 0.385 bits per heavy atom. The summed E-state index contributed by atoms with van der Waals surface area (Å²) in [7, 11) is -15.5. The van der Waals surface area contributed by atoms with Crippen molar-refractivity contribution in [3.8, 4) is 0 Å². The highest BCUT2D eigenvalue weighted by atomic mass is 32.2. The van der Waals surface area contributed by atoms with E-state index in [4.69, 9.17) is 10.5 Å². The molecular weight excluding hydrogens is 1650 g/mol. The minimum absolute atomic E-state index is 0.00531. The summed E-state index contributed by atoms with van der Waals surface area (Å²) in [5.41, 5.74) is 13.2. The van der Waals surface area contributed by atoms with E-state index in [0.717, 1.165) is 122 Å². The second-order valence-corrected chi connectivity index (χ2v) is 43.6. The molecule has 8 aliphatic heterocycles. The van der Waals surface area contributed by atoms with Gasteiger partial charge in [0.15, 0.2) is 0 Å². The smallest absolute Gasteiger partial charge is 0.258 e. The summed E-state index contributed by atoms with van der Waals surface area (Å²) in [5, 5.41) is 7.11. The number of carbonyl (C=O) groups is 6. The second-order valence-electron chi connectivity index (χ2n) is 33.8. The van der Waals surface area contributed by atoms with E-state index in [9.17, 15) is 70.9 Å². The number of amides is 3. The van der Waals surface area contributed by atoms with E-state index in [-0.39, 0.29) is 95.6 Å². The van der Waals surface area contributed by atoms with Gasteiger partial charge in [0.1, 0.15) is 17.3 Å². The number of carbonyl (C=O) groups excluding carboxylic acids is 6. The molecule has 9 aromatic rings. The van der Waals surface area contributed by atoms with Crippen LogP contribution in [0.25, 0.3) is 43.1 Å². The Balaban J connectivity index is 0.000000144. The van der Waals surface area contributed by atoms with E-state index in [1.165, 1.54) is 52.4 Å². The number of ketones is 3. The van der Waals surface area contributed by atoms with Crippen LogP contribution < -0.4 is 20.4 Å². The van der Waals surface area contributed by atoms with Crippen LogP contribution in [0.1, 0.15) is 131 Å². The Morgan fingerprint density at radius 2 is 0.746 bits per heavy atom. The van der Waals surface area contributed by atoms with Gasteiger partial charge in [-0.25, -0.2) is 55.0 Å². The fourth-order valence-corrected chi connectivity index (χ4v) is 24.9. The van der Waals surface area contributed by atoms with Crippen LogP contribution in [0.2, 0.25) is 0 Å². The van der Waals surface area contributed by atoms with E-state index < -0.39 is 56.0 Å². The minimum atomic E-state index is -3.76. The van der Waals surface area contributed by atoms with Crippen molar-refractivity contribution < 1.29 is 75.6 Å². The van der Waals surface area contributed by atoms with E-state index in [1.807, 2.05) is 131 Å². The van der Waals surface area contributed by atoms with Crippen molar-refractivity contribution in [2.45, 2.75) is 113 Å². The standard InChI is InChI=1S/C36H39N3O6S2.C28H31N3O5S.C27H35N3O6S2/c1-46(42,43)37-19-15-25(16-20-37)17-21-39-33-14-12-28(31-9-4-10-32(35(31)33)36(39)41)23-34(40)29-8-5-18-38(24-29)47(44,45)30-13-11-26-6-2-3-7-27(26)22-30;1-36-16-4-15-31-25-13-8-19(23-6-2-7-24(27(23)25)28(31)33)17-26(32)20-5-3-14-30(18-20)37(34,35)22-11-9-21(29)10-12-22;1-37(33,34)28-14-10-19(11-15-28)12-16-30-24-9-8-20(22-6-3-7-23(26(22)24)27(30)32)17-25(31)21-5-4-13-29(18-21)38(2,35)36/h2-4,6-7,9-14,22,25,29H,5,8,15-21,23-24H2,1H3;2,6-13,20H,3-5,14-18,29H2,1H3;3,6-9,19,21H,4-5,10-18H2,1-2H3. The summed E-state index contributed by atoms with van der Waals surface area (Å²) in [6.45, 7) is 6.10. The fraction of sp³-hybridized carbons (Fsp3) is 0.429. The topological polar surface area (TPSA) is 334 Å². The number of rotatable bonds is 26. The monoisotopic (exact) mass is 1760 g/mol. The largest absolute Gasteiger partial charge is 0.399 e. The van der Waals surface area contributed by atoms with Gasteiger partial charge >= 0.3 is 0 Å². The maximum Gasteiger partial charge on any atom is 0.258 e. The molecule has 5 saturated heterocycles. The molecule has 5 fully saturated rings. The molecule has 0 radical (unpaired) electrons. The van der Waals surface area contributed by atoms with Crippen LogP contribution in [0.4, 0.5) is 22.7 Å². The lowest BCUT2D eigenvalue weighted by atomic mass is 9.89. The van der Waals surface area contributed by atoms with Crippen LogP contribution in [-0.2, 0) is 88.5 Å². The van der Waals surface area contributed by atoms with Gasteiger partial charge in [-0.1, -0.05) is 84.9 Å². The van der Waals surface area contributed by atoms with E-state index in [1.54, 1.807) is 36.3 Å². The number of hydrogen-bond donors (Lipinski definition) is 1. The first-order valence-electron chi connectivity index (χ1n) is 42.1. The van der Waals surface area contributed by atoms with Gasteiger partial charge in [0.05, 0.1) is 45.6 Å². The van der Waals surface area contributed by atoms with E-state index >= 15 is 0 Å². The number of piperidine rings is 5. The number of methoxy groups -OCH3 is 1. The minimum Gasteiger partial charge on any atom is -0.399 e. The molecule has 646 valence electrons. The maximum atomic E-state index is 13.7. The van der Waals surface area contributed by atoms with Gasteiger partial charge in [0.25, 0.3) is 17.7 Å². The molecule has 2 N–H and O–H groups in total. The van der Waals surface area contributed by atoms with Crippen molar-refractivity contribution in [2.75, 3.05) is 138 Å². The third kappa shape index (κ3) is 18.5. The Labute approximate surface area is 714 Å². The average Bonchev–Trinajstić information content (AvgIpc) is 1.60. The SMILES string of the molecule is COCCCN1C(=O)c2cccc3c(CC(=O)C4CCCN(S(=O)(=O)c5ccc(N)cc5)C4)ccc1c23.CS(=O)(=O)N1CCC(CCN2C(=O)c3cccc4c(CC(=O)C5CCCN(S(=O)(=O)c6ccc7ccccc7c6)C5)ccc2c34)CC1.CS(=O)(=O)N1CCC(CCN2C(=O)c3cccc4c(CC(=O)C5CCCN(S(C)(=O)=O)C5)ccc2c34)CC1. The quantitative estimate of drug-likeness (QED) is 0.0389. The molecule has 26 nitrogen and oxygen atoms in total. The summed E-state index contributed by atoms with van der Waals surface area (Å²) in [6.07, 6.45) is 13.6. The number of sulfonamides is 5. The zero-order valence-corrected chi connectivity index (χ0v) is 73.3. The first kappa shape index (κ1) is 87.6. The molecule has 0 aromatic heterocycles. The zero-order valence-electron chi connectivity index (χ0n) is 69.2. The summed E-state index contributed by atoms with van der Waals surface area (Å²) in [6, 6.07) is 47.4. The van der Waals surface area contributed by atoms with Crippen LogP contribution in [0.15, 0.2) is 168 Å². The maximum absolute atomic E-state index is 13.7. The number of nitrogens with two attached hydrogens (primary N) is 1. The van der Waals surface area contributed by atoms with Crippen molar-refractivity contribution in [2.24, 2.45) is 29.6 Å². The molecule has 0 spiro atoms. The van der Waals surface area contributed by atoms with Crippen LogP contribution in [0.5, 0.6) is 0 Å². The van der Waals surface area contributed by atoms with Crippen LogP contribution >= 0.6 is 0 Å². The molecule has 3 atom stereocenters. The molecule has 17 rings (SSSR count). The highest BCUT2D eigenvalue weighted by molar-refractivity contribution is 7.89. The molecule has 3 unspecified atom stereocenters. The molecule has 31 heteroatoms. The molecule has 3 amide bonds. The Kier molecular flexibility index (Phi) is 26.0. The number of nitrogen functional groups attached to an aromatic ring is 1. The summed E-state index contributed by atoms with van der Waals surface area (Å²) >= 11 is 0. The summed E-state index contributed by atoms with van der Waals surface area (Å²) in [5.74, 6) is -0.490. The normalized spacial score (nSPS) is 20.0. The summed E-state index contributed by atoms with van der Waals surface area (Å²) in [4.78, 5) is 86.2. The summed E-state index contributed by atoms with van der Waals surface area (Å²) < 4.78 is 137. The number of fused-ring (bicyclic) bond motifs is 1. The number of benzene rings is 9. The third-order valence-corrected chi connectivity index (χ3v) is 33.5. The van der Waals surface area contributed by atoms with Crippen molar-refractivity contribution in [3.05, 3.63) is 191 Å². The Morgan fingerprint density at radius 3 is 1.14 bits per heavy atom. The van der Waals surface area contributed by atoms with Crippen LogP contribution in [0.3, 0.4) is 0 Å². The lowest BCUT2D eigenvalue weighted by molar-refractivity contribution is -0.124. The van der Waals surface area contributed by atoms with Gasteiger partial charge in [-0.2, -0.15) is 8.61 Å². The number of hydrogen-bond acceptors (Lipinski definition) is 18. The van der Waals surface area contributed by atoms with Crippen LogP contribution in [-0.4, -0.2) is 216 Å². The number of ether oxygens (including phenoxy) is 1. The molecule has 0 bridgehead atoms. The van der Waals surface area contributed by atoms with Gasteiger partial charge in [-0.05, 0) is 212 Å². The number of Topliss-reactive ketones (excluding diaryl/α,β-unsaturated/α-hetero) is 3. The molecule has 8 aliphatic rings. The van der Waals surface area contributed by atoms with Gasteiger partial charge in [-0.3, -0.25) is 28.8 Å². The Hall–Kier alpha value is -9.25. The highest BCUT2D eigenvalue weighted by Gasteiger charge is 2.41. The van der Waals surface area contributed by atoms with Crippen molar-refractivity contribution in [1.29, 1.82) is 0 Å². The van der Waals surface area contributed by atoms with Crippen molar-refractivity contribution in [1.82, 2.24) is 21.5 Å². The molecule has 122 heavy (non-hydrogen) atoms. The van der Waals surface area contributed by atoms with E-state index in [2.05, 4.69) is 0 Å². The second kappa shape index (κ2) is 36.1.